The first-order valence-corrected chi connectivity index (χ1v) is 11.3. The number of rotatable bonds is 6. The van der Waals surface area contributed by atoms with Crippen LogP contribution in [-0.2, 0) is 5.75 Å². The molecule has 7 nitrogen and oxygen atoms in total. The Kier molecular flexibility index (Phi) is 5.59. The highest BCUT2D eigenvalue weighted by Crippen LogP contribution is 2.36. The fraction of sp³-hybridized carbons (Fsp3) is 0.333. The van der Waals surface area contributed by atoms with Crippen LogP contribution in [0.4, 0.5) is 0 Å². The molecule has 9 heteroatoms. The zero-order valence-electron chi connectivity index (χ0n) is 16.2. The Balaban J connectivity index is 1.38. The molecule has 0 amide bonds. The summed E-state index contributed by atoms with van der Waals surface area (Å²) in [6.07, 6.45) is 7.62. The number of benzene rings is 1. The smallest absolute Gasteiger partial charge is 0.237 e. The van der Waals surface area contributed by atoms with E-state index in [0.29, 0.717) is 28.5 Å². The Morgan fingerprint density at radius 1 is 1.07 bits per heavy atom. The third-order valence-corrected chi connectivity index (χ3v) is 6.51. The Bertz CT molecular complexity index is 1120. The number of thioether (sulfide) groups is 1. The first-order valence-electron chi connectivity index (χ1n) is 9.98. The van der Waals surface area contributed by atoms with Crippen molar-refractivity contribution in [1.82, 2.24) is 24.9 Å². The molecule has 0 aliphatic heterocycles. The number of furan rings is 1. The number of nitrogens with zero attached hydrogens (tertiary/aromatic N) is 5. The lowest BCUT2D eigenvalue weighted by Crippen LogP contribution is -2.15. The van der Waals surface area contributed by atoms with Crippen molar-refractivity contribution in [3.63, 3.8) is 0 Å². The maximum Gasteiger partial charge on any atom is 0.237 e. The summed E-state index contributed by atoms with van der Waals surface area (Å²) < 4.78 is 13.3. The zero-order chi connectivity index (χ0) is 20.3. The van der Waals surface area contributed by atoms with Gasteiger partial charge in [0.25, 0.3) is 0 Å². The monoisotopic (exact) mass is 441 g/mol. The van der Waals surface area contributed by atoms with E-state index >= 15 is 0 Å². The molecule has 0 atom stereocenters. The average molecular weight is 442 g/mol. The van der Waals surface area contributed by atoms with E-state index in [1.54, 1.807) is 18.0 Å². The topological polar surface area (TPSA) is 82.8 Å². The van der Waals surface area contributed by atoms with Gasteiger partial charge in [-0.1, -0.05) is 59.9 Å². The first-order chi connectivity index (χ1) is 14.8. The summed E-state index contributed by atoms with van der Waals surface area (Å²) in [6.45, 7) is 0. The second-order valence-electron chi connectivity index (χ2n) is 7.23. The standard InChI is InChI=1S/C21H20ClN5O2S/c22-16-10-5-4-9-15(16)19-23-18(29-26-19)13-30-21-25-24-20(17-11-6-12-28-17)27(21)14-7-2-1-3-8-14/h4-6,9-12,14H,1-3,7-8,13H2. The summed E-state index contributed by atoms with van der Waals surface area (Å²) in [5.41, 5.74) is 0.754. The largest absolute Gasteiger partial charge is 0.461 e. The van der Waals surface area contributed by atoms with Crippen molar-refractivity contribution in [2.45, 2.75) is 49.1 Å². The van der Waals surface area contributed by atoms with Crippen LogP contribution >= 0.6 is 23.4 Å². The molecule has 0 spiro atoms. The summed E-state index contributed by atoms with van der Waals surface area (Å²) in [5, 5.41) is 14.4. The van der Waals surface area contributed by atoms with Crippen LogP contribution in [0.5, 0.6) is 0 Å². The average Bonchev–Trinajstić information content (AvgIpc) is 3.53. The molecule has 0 bridgehead atoms. The van der Waals surface area contributed by atoms with E-state index in [2.05, 4.69) is 24.9 Å². The van der Waals surface area contributed by atoms with Gasteiger partial charge in [-0.3, -0.25) is 4.57 Å². The molecule has 1 aliphatic carbocycles. The fourth-order valence-corrected chi connectivity index (χ4v) is 4.87. The van der Waals surface area contributed by atoms with E-state index in [9.17, 15) is 0 Å². The van der Waals surface area contributed by atoms with Crippen molar-refractivity contribution in [3.05, 3.63) is 53.6 Å². The summed E-state index contributed by atoms with van der Waals surface area (Å²) in [6, 6.07) is 11.6. The molecule has 5 rings (SSSR count). The quantitative estimate of drug-likeness (QED) is 0.337. The first kappa shape index (κ1) is 19.4. The molecule has 1 saturated carbocycles. The molecule has 30 heavy (non-hydrogen) atoms. The van der Waals surface area contributed by atoms with E-state index in [-0.39, 0.29) is 0 Å². The van der Waals surface area contributed by atoms with Gasteiger partial charge in [-0.25, -0.2) is 0 Å². The predicted octanol–water partition coefficient (Wildman–Crippen LogP) is 6.04. The Morgan fingerprint density at radius 3 is 2.73 bits per heavy atom. The van der Waals surface area contributed by atoms with Crippen LogP contribution in [-0.4, -0.2) is 24.9 Å². The number of halogens is 1. The minimum Gasteiger partial charge on any atom is -0.461 e. The second-order valence-corrected chi connectivity index (χ2v) is 8.58. The molecule has 1 fully saturated rings. The number of hydrogen-bond donors (Lipinski definition) is 0. The molecular formula is C21H20ClN5O2S. The molecule has 3 aromatic heterocycles. The van der Waals surface area contributed by atoms with Crippen molar-refractivity contribution in [1.29, 1.82) is 0 Å². The normalized spacial score (nSPS) is 15.0. The Morgan fingerprint density at radius 2 is 1.93 bits per heavy atom. The van der Waals surface area contributed by atoms with Crippen LogP contribution in [0, 0.1) is 0 Å². The van der Waals surface area contributed by atoms with E-state index in [0.717, 1.165) is 35.1 Å². The lowest BCUT2D eigenvalue weighted by molar-refractivity contribution is 0.337. The van der Waals surface area contributed by atoms with Gasteiger partial charge in [0, 0.05) is 11.6 Å². The van der Waals surface area contributed by atoms with Crippen molar-refractivity contribution in [2.75, 3.05) is 0 Å². The summed E-state index contributed by atoms with van der Waals surface area (Å²) in [7, 11) is 0. The highest BCUT2D eigenvalue weighted by Gasteiger charge is 2.25. The van der Waals surface area contributed by atoms with E-state index < -0.39 is 0 Å². The van der Waals surface area contributed by atoms with E-state index in [4.69, 9.17) is 20.5 Å². The molecule has 0 N–H and O–H groups in total. The molecule has 1 aliphatic rings. The second kappa shape index (κ2) is 8.65. The van der Waals surface area contributed by atoms with Gasteiger partial charge in [-0.2, -0.15) is 4.98 Å². The molecule has 1 aromatic carbocycles. The van der Waals surface area contributed by atoms with Gasteiger partial charge >= 0.3 is 0 Å². The van der Waals surface area contributed by atoms with Crippen molar-refractivity contribution in [3.8, 4) is 23.0 Å². The van der Waals surface area contributed by atoms with Gasteiger partial charge in [0.1, 0.15) is 0 Å². The van der Waals surface area contributed by atoms with E-state index in [1.807, 2.05) is 36.4 Å². The van der Waals surface area contributed by atoms with Crippen molar-refractivity contribution in [2.24, 2.45) is 0 Å². The van der Waals surface area contributed by atoms with Gasteiger partial charge in [0.05, 0.1) is 17.0 Å². The van der Waals surface area contributed by atoms with Gasteiger partial charge in [0.2, 0.25) is 17.5 Å². The van der Waals surface area contributed by atoms with Gasteiger partial charge < -0.3 is 8.94 Å². The maximum atomic E-state index is 6.24. The van der Waals surface area contributed by atoms with Gasteiger partial charge in [0.15, 0.2) is 10.9 Å². The molecule has 0 radical (unpaired) electrons. The minimum atomic E-state index is 0.373. The molecule has 4 aromatic rings. The lowest BCUT2D eigenvalue weighted by Gasteiger charge is -2.25. The van der Waals surface area contributed by atoms with Gasteiger partial charge in [-0.15, -0.1) is 10.2 Å². The zero-order valence-corrected chi connectivity index (χ0v) is 17.8. The summed E-state index contributed by atoms with van der Waals surface area (Å²) in [4.78, 5) is 4.50. The van der Waals surface area contributed by atoms with E-state index in [1.165, 1.54) is 19.3 Å². The third kappa shape index (κ3) is 3.89. The van der Waals surface area contributed by atoms with Gasteiger partial charge in [-0.05, 0) is 37.1 Å². The molecule has 154 valence electrons. The Hall–Kier alpha value is -2.58. The summed E-state index contributed by atoms with van der Waals surface area (Å²) >= 11 is 7.79. The van der Waals surface area contributed by atoms with Crippen LogP contribution < -0.4 is 0 Å². The maximum absolute atomic E-state index is 6.24. The molecule has 3 heterocycles. The predicted molar refractivity (Wildman–Crippen MR) is 114 cm³/mol. The van der Waals surface area contributed by atoms with Crippen molar-refractivity contribution >= 4 is 23.4 Å². The van der Waals surface area contributed by atoms with Crippen LogP contribution in [0.1, 0.15) is 44.0 Å². The Labute approximate surface area is 182 Å². The van der Waals surface area contributed by atoms with Crippen molar-refractivity contribution < 1.29 is 8.94 Å². The lowest BCUT2D eigenvalue weighted by atomic mass is 9.95. The molecule has 0 unspecified atom stereocenters. The summed E-state index contributed by atoms with van der Waals surface area (Å²) in [5.74, 6) is 3.02. The molecular weight excluding hydrogens is 422 g/mol. The SMILES string of the molecule is Clc1ccccc1-c1noc(CSc2nnc(-c3ccco3)n2C2CCCCC2)n1. The highest BCUT2D eigenvalue weighted by atomic mass is 35.5. The highest BCUT2D eigenvalue weighted by molar-refractivity contribution is 7.98. The minimum absolute atomic E-state index is 0.373. The van der Waals surface area contributed by atoms with Crippen LogP contribution in [0.2, 0.25) is 5.02 Å². The number of hydrogen-bond acceptors (Lipinski definition) is 7. The van der Waals surface area contributed by atoms with Crippen LogP contribution in [0.3, 0.4) is 0 Å². The molecule has 0 saturated heterocycles. The van der Waals surface area contributed by atoms with Crippen LogP contribution in [0.15, 0.2) is 56.8 Å². The fourth-order valence-electron chi connectivity index (χ4n) is 3.81. The third-order valence-electron chi connectivity index (χ3n) is 5.25. The van der Waals surface area contributed by atoms with Crippen LogP contribution in [0.25, 0.3) is 23.0 Å². The number of aromatic nitrogens is 5.